The van der Waals surface area contributed by atoms with Crippen molar-refractivity contribution in [1.82, 2.24) is 9.80 Å². The highest BCUT2D eigenvalue weighted by Crippen LogP contribution is 2.34. The first-order valence-corrected chi connectivity index (χ1v) is 9.52. The Balaban J connectivity index is 1.83. The van der Waals surface area contributed by atoms with E-state index >= 15 is 0 Å². The van der Waals surface area contributed by atoms with E-state index in [4.69, 9.17) is 4.74 Å². The molecule has 0 bridgehead atoms. The van der Waals surface area contributed by atoms with Gasteiger partial charge in [0.05, 0.1) is 12.6 Å². The molecular formula is C21H28N2O3. The minimum atomic E-state index is -0.572. The summed E-state index contributed by atoms with van der Waals surface area (Å²) in [5.41, 5.74) is 2.08. The van der Waals surface area contributed by atoms with Crippen LogP contribution in [-0.4, -0.2) is 53.0 Å². The van der Waals surface area contributed by atoms with Gasteiger partial charge in [0.15, 0.2) is 0 Å². The van der Waals surface area contributed by atoms with Crippen LogP contribution >= 0.6 is 0 Å². The molecule has 2 heterocycles. The van der Waals surface area contributed by atoms with Gasteiger partial charge in [-0.3, -0.25) is 4.79 Å². The normalized spacial score (nSPS) is 23.8. The minimum Gasteiger partial charge on any atom is -0.464 e. The fourth-order valence-electron chi connectivity index (χ4n) is 4.11. The largest absolute Gasteiger partial charge is 0.464 e. The number of aryl methyl sites for hydroxylation is 1. The number of piperazine rings is 1. The highest BCUT2D eigenvalue weighted by Gasteiger charge is 2.47. The van der Waals surface area contributed by atoms with Crippen molar-refractivity contribution in [3.8, 4) is 0 Å². The zero-order valence-corrected chi connectivity index (χ0v) is 15.7. The molecule has 0 radical (unpaired) electrons. The number of rotatable bonds is 6. The van der Waals surface area contributed by atoms with Crippen molar-refractivity contribution < 1.29 is 14.3 Å². The van der Waals surface area contributed by atoms with Crippen LogP contribution in [0.2, 0.25) is 0 Å². The van der Waals surface area contributed by atoms with Crippen LogP contribution in [-0.2, 0) is 20.7 Å². The SMILES string of the molecule is C=C1[C@H](C)N([C@@H](CCc2ccccc2)C(=O)OCC)C(=O)C2CCCN12. The zero-order chi connectivity index (χ0) is 18.7. The summed E-state index contributed by atoms with van der Waals surface area (Å²) >= 11 is 0. The lowest BCUT2D eigenvalue weighted by Gasteiger charge is -2.46. The molecule has 1 aromatic rings. The molecule has 140 valence electrons. The number of hydrogen-bond acceptors (Lipinski definition) is 4. The van der Waals surface area contributed by atoms with Crippen molar-refractivity contribution in [2.75, 3.05) is 13.2 Å². The van der Waals surface area contributed by atoms with Crippen molar-refractivity contribution in [2.45, 2.75) is 57.7 Å². The second-order valence-corrected chi connectivity index (χ2v) is 7.06. The average Bonchev–Trinajstić information content (AvgIpc) is 3.14. The number of ether oxygens (including phenoxy) is 1. The minimum absolute atomic E-state index is 0.0357. The first kappa shape index (κ1) is 18.5. The summed E-state index contributed by atoms with van der Waals surface area (Å²) < 4.78 is 5.31. The van der Waals surface area contributed by atoms with Gasteiger partial charge in [-0.25, -0.2) is 4.79 Å². The summed E-state index contributed by atoms with van der Waals surface area (Å²) in [5.74, 6) is -0.281. The molecule has 3 rings (SSSR count). The van der Waals surface area contributed by atoms with E-state index in [0.717, 1.165) is 37.1 Å². The van der Waals surface area contributed by atoms with Crippen LogP contribution in [0, 0.1) is 0 Å². The Morgan fingerprint density at radius 3 is 2.77 bits per heavy atom. The third-order valence-electron chi connectivity index (χ3n) is 5.50. The van der Waals surface area contributed by atoms with Crippen LogP contribution in [0.4, 0.5) is 0 Å². The van der Waals surface area contributed by atoms with Crippen LogP contribution in [0.1, 0.15) is 38.7 Å². The second kappa shape index (κ2) is 7.94. The first-order valence-electron chi connectivity index (χ1n) is 9.52. The molecule has 2 saturated heterocycles. The zero-order valence-electron chi connectivity index (χ0n) is 15.7. The van der Waals surface area contributed by atoms with Gasteiger partial charge in [-0.1, -0.05) is 36.9 Å². The van der Waals surface area contributed by atoms with Gasteiger partial charge in [-0.15, -0.1) is 0 Å². The Morgan fingerprint density at radius 2 is 2.08 bits per heavy atom. The topological polar surface area (TPSA) is 49.9 Å². The molecule has 5 heteroatoms. The molecule has 0 aliphatic carbocycles. The van der Waals surface area contributed by atoms with E-state index in [1.807, 2.05) is 37.3 Å². The molecule has 1 amide bonds. The lowest BCUT2D eigenvalue weighted by atomic mass is 9.97. The molecule has 2 aliphatic rings. The Labute approximate surface area is 155 Å². The van der Waals surface area contributed by atoms with Crippen LogP contribution in [0.3, 0.4) is 0 Å². The Bertz CT molecular complexity index is 673. The fourth-order valence-corrected chi connectivity index (χ4v) is 4.11. The molecule has 0 spiro atoms. The number of fused-ring (bicyclic) bond motifs is 1. The molecule has 26 heavy (non-hydrogen) atoms. The maximum absolute atomic E-state index is 13.2. The van der Waals surface area contributed by atoms with E-state index in [9.17, 15) is 9.59 Å². The Hall–Kier alpha value is -2.30. The molecular weight excluding hydrogens is 328 g/mol. The van der Waals surface area contributed by atoms with E-state index in [2.05, 4.69) is 11.5 Å². The van der Waals surface area contributed by atoms with Gasteiger partial charge in [-0.2, -0.15) is 0 Å². The van der Waals surface area contributed by atoms with Crippen molar-refractivity contribution >= 4 is 11.9 Å². The summed E-state index contributed by atoms with van der Waals surface area (Å²) in [4.78, 5) is 29.7. The van der Waals surface area contributed by atoms with E-state index < -0.39 is 6.04 Å². The number of esters is 1. The van der Waals surface area contributed by atoms with Crippen LogP contribution in [0.15, 0.2) is 42.6 Å². The predicted molar refractivity (Wildman–Crippen MR) is 100 cm³/mol. The van der Waals surface area contributed by atoms with Crippen LogP contribution in [0.5, 0.6) is 0 Å². The molecule has 5 nitrogen and oxygen atoms in total. The average molecular weight is 356 g/mol. The number of benzene rings is 1. The van der Waals surface area contributed by atoms with Gasteiger partial charge in [0.2, 0.25) is 5.91 Å². The summed E-state index contributed by atoms with van der Waals surface area (Å²) in [6.07, 6.45) is 3.10. The number of carbonyl (C=O) groups is 2. The smallest absolute Gasteiger partial charge is 0.328 e. The first-order chi connectivity index (χ1) is 12.5. The molecule has 0 saturated carbocycles. The van der Waals surface area contributed by atoms with Crippen molar-refractivity contribution in [2.24, 2.45) is 0 Å². The maximum atomic E-state index is 13.2. The summed E-state index contributed by atoms with van der Waals surface area (Å²) in [5, 5.41) is 0. The number of amides is 1. The van der Waals surface area contributed by atoms with E-state index in [0.29, 0.717) is 13.0 Å². The highest BCUT2D eigenvalue weighted by atomic mass is 16.5. The van der Waals surface area contributed by atoms with Gasteiger partial charge in [0.1, 0.15) is 12.1 Å². The molecule has 0 N–H and O–H groups in total. The summed E-state index contributed by atoms with van der Waals surface area (Å²) in [6.45, 7) is 9.16. The number of hydrogen-bond donors (Lipinski definition) is 0. The Morgan fingerprint density at radius 1 is 1.35 bits per heavy atom. The number of carbonyl (C=O) groups excluding carboxylic acids is 2. The molecule has 0 aromatic heterocycles. The number of nitrogens with zero attached hydrogens (tertiary/aromatic N) is 2. The molecule has 3 atom stereocenters. The molecule has 1 unspecified atom stereocenters. The van der Waals surface area contributed by atoms with E-state index in [-0.39, 0.29) is 24.0 Å². The molecule has 2 fully saturated rings. The Kier molecular flexibility index (Phi) is 5.64. The molecule has 2 aliphatic heterocycles. The maximum Gasteiger partial charge on any atom is 0.328 e. The second-order valence-electron chi connectivity index (χ2n) is 7.06. The van der Waals surface area contributed by atoms with Crippen molar-refractivity contribution in [3.63, 3.8) is 0 Å². The van der Waals surface area contributed by atoms with Crippen molar-refractivity contribution in [1.29, 1.82) is 0 Å². The van der Waals surface area contributed by atoms with Crippen molar-refractivity contribution in [3.05, 3.63) is 48.2 Å². The summed E-state index contributed by atoms with van der Waals surface area (Å²) in [7, 11) is 0. The lowest BCUT2D eigenvalue weighted by Crippen LogP contribution is -2.62. The van der Waals surface area contributed by atoms with Gasteiger partial charge < -0.3 is 14.5 Å². The monoisotopic (exact) mass is 356 g/mol. The van der Waals surface area contributed by atoms with E-state index in [1.54, 1.807) is 11.8 Å². The van der Waals surface area contributed by atoms with Crippen LogP contribution in [0.25, 0.3) is 0 Å². The van der Waals surface area contributed by atoms with Crippen LogP contribution < -0.4 is 0 Å². The third-order valence-corrected chi connectivity index (χ3v) is 5.50. The van der Waals surface area contributed by atoms with Gasteiger partial charge in [0, 0.05) is 12.2 Å². The van der Waals surface area contributed by atoms with E-state index in [1.165, 1.54) is 0 Å². The lowest BCUT2D eigenvalue weighted by molar-refractivity contribution is -0.160. The van der Waals surface area contributed by atoms with Gasteiger partial charge in [-0.05, 0) is 45.1 Å². The van der Waals surface area contributed by atoms with Gasteiger partial charge in [0.25, 0.3) is 0 Å². The molecule has 1 aromatic carbocycles. The summed E-state index contributed by atoms with van der Waals surface area (Å²) in [6, 6.07) is 9.10. The highest BCUT2D eigenvalue weighted by molar-refractivity contribution is 5.89. The third kappa shape index (κ3) is 3.48. The predicted octanol–water partition coefficient (Wildman–Crippen LogP) is 2.76. The standard InChI is InChI=1S/C21H28N2O3/c1-4-26-21(25)19(13-12-17-9-6-5-7-10-17)23-16(3)15(2)22-14-8-11-18(22)20(23)24/h5-7,9-10,16,18-19H,2,4,8,11-14H2,1,3H3/t16-,18?,19-/m0/s1. The van der Waals surface area contributed by atoms with Gasteiger partial charge >= 0.3 is 5.97 Å². The fraction of sp³-hybridized carbons (Fsp3) is 0.524. The quantitative estimate of drug-likeness (QED) is 0.736.